The van der Waals surface area contributed by atoms with Crippen LogP contribution in [0.2, 0.25) is 0 Å². The maximum absolute atomic E-state index is 12.6. The van der Waals surface area contributed by atoms with Crippen LogP contribution in [-0.2, 0) is 4.79 Å². The van der Waals surface area contributed by atoms with Gasteiger partial charge in [-0.15, -0.1) is 0 Å². The predicted molar refractivity (Wildman–Crippen MR) is 121 cm³/mol. The minimum atomic E-state index is -0.504. The van der Waals surface area contributed by atoms with E-state index in [0.717, 1.165) is 11.1 Å². The van der Waals surface area contributed by atoms with Gasteiger partial charge in [0, 0.05) is 5.56 Å². The second kappa shape index (κ2) is 11.7. The fraction of sp³-hybridized carbons (Fsp3) is 0.120. The molecule has 3 aromatic rings. The average Bonchev–Trinajstić information content (AvgIpc) is 2.84. The van der Waals surface area contributed by atoms with Crippen molar-refractivity contribution in [1.29, 1.82) is 5.26 Å². The number of benzene rings is 3. The van der Waals surface area contributed by atoms with Gasteiger partial charge in [0.1, 0.15) is 11.8 Å². The monoisotopic (exact) mass is 426 g/mol. The molecule has 3 aromatic carbocycles. The van der Waals surface area contributed by atoms with E-state index in [1.807, 2.05) is 42.5 Å². The van der Waals surface area contributed by atoms with Gasteiger partial charge >= 0.3 is 0 Å². The minimum absolute atomic E-state index is 0.0209. The summed E-state index contributed by atoms with van der Waals surface area (Å²) in [6.07, 6.45) is 1.53. The number of rotatable bonds is 9. The van der Waals surface area contributed by atoms with Crippen LogP contribution < -0.4 is 15.5 Å². The second-order valence-electron chi connectivity index (χ2n) is 6.82. The summed E-state index contributed by atoms with van der Waals surface area (Å²) in [7, 11) is 0. The van der Waals surface area contributed by atoms with Gasteiger partial charge in [-0.1, -0.05) is 48.5 Å². The third-order valence-corrected chi connectivity index (χ3v) is 4.52. The van der Waals surface area contributed by atoms with Gasteiger partial charge < -0.3 is 10.1 Å². The highest BCUT2D eigenvalue weighted by atomic mass is 16.5. The zero-order valence-corrected chi connectivity index (χ0v) is 17.3. The first kappa shape index (κ1) is 22.2. The molecule has 0 aliphatic carbocycles. The Hall–Kier alpha value is -4.44. The van der Waals surface area contributed by atoms with Crippen LogP contribution in [0.4, 0.5) is 0 Å². The zero-order valence-electron chi connectivity index (χ0n) is 17.3. The topological polar surface area (TPSA) is 104 Å². The summed E-state index contributed by atoms with van der Waals surface area (Å²) in [6.45, 7) is -0.0209. The first-order valence-corrected chi connectivity index (χ1v) is 9.98. The molecule has 0 saturated carbocycles. The van der Waals surface area contributed by atoms with E-state index in [-0.39, 0.29) is 24.8 Å². The largest absolute Gasteiger partial charge is 0.479 e. The van der Waals surface area contributed by atoms with Crippen LogP contribution in [0.5, 0.6) is 5.75 Å². The van der Waals surface area contributed by atoms with Crippen molar-refractivity contribution in [3.63, 3.8) is 0 Å². The minimum Gasteiger partial charge on any atom is -0.479 e. The number of amides is 2. The van der Waals surface area contributed by atoms with Crippen LogP contribution in [0, 0.1) is 11.3 Å². The lowest BCUT2D eigenvalue weighted by Gasteiger charge is -2.18. The number of nitriles is 1. The summed E-state index contributed by atoms with van der Waals surface area (Å²) in [6, 6.07) is 26.5. The average molecular weight is 426 g/mol. The summed E-state index contributed by atoms with van der Waals surface area (Å²) < 4.78 is 5.19. The van der Waals surface area contributed by atoms with E-state index < -0.39 is 6.04 Å². The first-order chi connectivity index (χ1) is 15.7. The lowest BCUT2D eigenvalue weighted by atomic mass is 10.0. The van der Waals surface area contributed by atoms with Crippen LogP contribution in [0.15, 0.2) is 90.0 Å². The zero-order chi connectivity index (χ0) is 22.6. The number of hydrogen-bond acceptors (Lipinski definition) is 5. The van der Waals surface area contributed by atoms with Crippen LogP contribution in [0.3, 0.4) is 0 Å². The molecule has 0 unspecified atom stereocenters. The normalized spacial score (nSPS) is 11.3. The van der Waals surface area contributed by atoms with Crippen LogP contribution in [0.25, 0.3) is 0 Å². The molecule has 32 heavy (non-hydrogen) atoms. The van der Waals surface area contributed by atoms with E-state index in [1.54, 1.807) is 48.5 Å². The number of carbonyl (C=O) groups excluding carboxylic acids is 2. The Balaban J connectivity index is 1.60. The van der Waals surface area contributed by atoms with Gasteiger partial charge in [-0.2, -0.15) is 10.4 Å². The van der Waals surface area contributed by atoms with Gasteiger partial charge in [-0.05, 0) is 47.5 Å². The molecule has 2 N–H and O–H groups in total. The van der Waals surface area contributed by atoms with Crippen molar-refractivity contribution in [3.8, 4) is 11.8 Å². The second-order valence-corrected chi connectivity index (χ2v) is 6.82. The van der Waals surface area contributed by atoms with Gasteiger partial charge in [0.25, 0.3) is 5.91 Å². The van der Waals surface area contributed by atoms with E-state index >= 15 is 0 Å². The highest BCUT2D eigenvalue weighted by molar-refractivity contribution is 5.94. The molecule has 0 aliphatic rings. The molecule has 0 heterocycles. The quantitative estimate of drug-likeness (QED) is 0.403. The molecule has 3 rings (SSSR count). The summed E-state index contributed by atoms with van der Waals surface area (Å²) in [5.41, 5.74) is 4.60. The van der Waals surface area contributed by atoms with E-state index in [1.165, 1.54) is 6.21 Å². The van der Waals surface area contributed by atoms with Gasteiger partial charge in [-0.3, -0.25) is 9.59 Å². The van der Waals surface area contributed by atoms with Crippen molar-refractivity contribution in [1.82, 2.24) is 10.7 Å². The molecular formula is C25H22N4O3. The first-order valence-electron chi connectivity index (χ1n) is 9.98. The molecule has 160 valence electrons. The molecule has 0 fully saturated rings. The molecule has 0 aliphatic heterocycles. The molecule has 0 spiro atoms. The van der Waals surface area contributed by atoms with Crippen molar-refractivity contribution in [2.75, 3.05) is 6.61 Å². The molecule has 0 radical (unpaired) electrons. The van der Waals surface area contributed by atoms with Crippen molar-refractivity contribution in [3.05, 3.63) is 102 Å². The lowest BCUT2D eigenvalue weighted by molar-refractivity contribution is -0.121. The number of carbonyl (C=O) groups is 2. The summed E-state index contributed by atoms with van der Waals surface area (Å²) in [5.74, 6) is -0.0144. The van der Waals surface area contributed by atoms with Gasteiger partial charge in [-0.25, -0.2) is 5.43 Å². The third kappa shape index (κ3) is 6.82. The molecule has 0 aromatic heterocycles. The van der Waals surface area contributed by atoms with Crippen LogP contribution in [-0.4, -0.2) is 24.6 Å². The van der Waals surface area contributed by atoms with Crippen molar-refractivity contribution in [2.24, 2.45) is 5.10 Å². The summed E-state index contributed by atoms with van der Waals surface area (Å²) >= 11 is 0. The Bertz CT molecular complexity index is 1090. The number of nitrogens with zero attached hydrogens (tertiary/aromatic N) is 2. The van der Waals surface area contributed by atoms with Crippen LogP contribution in [0.1, 0.15) is 33.9 Å². The van der Waals surface area contributed by atoms with Gasteiger partial charge in [0.15, 0.2) is 6.61 Å². The Morgan fingerprint density at radius 3 is 2.28 bits per heavy atom. The van der Waals surface area contributed by atoms with Gasteiger partial charge in [0.05, 0.1) is 18.7 Å². The number of hydrogen-bond donors (Lipinski definition) is 2. The summed E-state index contributed by atoms with van der Waals surface area (Å²) in [5, 5.41) is 15.4. The van der Waals surface area contributed by atoms with Gasteiger partial charge in [0.2, 0.25) is 5.91 Å². The molecule has 0 saturated heterocycles. The highest BCUT2D eigenvalue weighted by Gasteiger charge is 2.19. The molecule has 7 heteroatoms. The van der Waals surface area contributed by atoms with E-state index in [2.05, 4.69) is 15.8 Å². The van der Waals surface area contributed by atoms with Crippen LogP contribution >= 0.6 is 0 Å². The van der Waals surface area contributed by atoms with E-state index in [0.29, 0.717) is 11.3 Å². The maximum Gasteiger partial charge on any atom is 0.251 e. The summed E-state index contributed by atoms with van der Waals surface area (Å²) in [4.78, 5) is 25.1. The lowest BCUT2D eigenvalue weighted by Crippen LogP contribution is -2.32. The van der Waals surface area contributed by atoms with E-state index in [9.17, 15) is 9.59 Å². The molecule has 0 bridgehead atoms. The molecule has 1 atom stereocenters. The fourth-order valence-electron chi connectivity index (χ4n) is 2.94. The highest BCUT2D eigenvalue weighted by Crippen LogP contribution is 2.17. The molecule has 2 amide bonds. The Kier molecular flexibility index (Phi) is 8.11. The Labute approximate surface area is 186 Å². The Morgan fingerprint density at radius 2 is 1.62 bits per heavy atom. The number of hydrazone groups is 1. The smallest absolute Gasteiger partial charge is 0.251 e. The SMILES string of the molecule is N#CCOc1ccc(/C=N\NC(=O)C[C@@H](NC(=O)c2ccccc2)c2ccccc2)cc1. The van der Waals surface area contributed by atoms with E-state index in [4.69, 9.17) is 10.00 Å². The Morgan fingerprint density at radius 1 is 0.969 bits per heavy atom. The maximum atomic E-state index is 12.6. The van der Waals surface area contributed by atoms with Crippen molar-refractivity contribution < 1.29 is 14.3 Å². The van der Waals surface area contributed by atoms with Crippen molar-refractivity contribution in [2.45, 2.75) is 12.5 Å². The molecular weight excluding hydrogens is 404 g/mol. The standard InChI is InChI=1S/C25H22N4O3/c26-15-16-32-22-13-11-19(12-14-22)18-27-29-24(30)17-23(20-7-3-1-4-8-20)28-25(31)21-9-5-2-6-10-21/h1-14,18,23H,16-17H2,(H,28,31)(H,29,30)/b27-18-/t23-/m1/s1. The van der Waals surface area contributed by atoms with Crippen molar-refractivity contribution >= 4 is 18.0 Å². The fourth-order valence-corrected chi connectivity index (χ4v) is 2.94. The third-order valence-electron chi connectivity index (χ3n) is 4.52. The molecule has 7 nitrogen and oxygen atoms in total. The number of nitrogens with one attached hydrogen (secondary N) is 2. The number of ether oxygens (including phenoxy) is 1. The predicted octanol–water partition coefficient (Wildman–Crippen LogP) is 3.60.